The van der Waals surface area contributed by atoms with Crippen molar-refractivity contribution in [2.45, 2.75) is 43.9 Å². The van der Waals surface area contributed by atoms with Gasteiger partial charge in [0.05, 0.1) is 12.0 Å². The molecule has 3 rings (SSSR count). The summed E-state index contributed by atoms with van der Waals surface area (Å²) in [6.07, 6.45) is 1.06. The van der Waals surface area contributed by atoms with Gasteiger partial charge in [0.2, 0.25) is 15.9 Å². The number of ether oxygens (including phenoxy) is 1. The average molecular weight is 445 g/mol. The lowest BCUT2D eigenvalue weighted by Gasteiger charge is -2.34. The number of amides is 1. The van der Waals surface area contributed by atoms with Gasteiger partial charge in [0.15, 0.2) is 0 Å². The van der Waals surface area contributed by atoms with Gasteiger partial charge in [0, 0.05) is 32.6 Å². The molecule has 0 atom stereocenters. The summed E-state index contributed by atoms with van der Waals surface area (Å²) in [5.74, 6) is 0.850. The third kappa shape index (κ3) is 5.66. The molecule has 0 aliphatic carbocycles. The third-order valence-electron chi connectivity index (χ3n) is 5.74. The Morgan fingerprint density at radius 2 is 1.52 bits per heavy atom. The zero-order chi connectivity index (χ0) is 22.6. The van der Waals surface area contributed by atoms with Crippen LogP contribution in [-0.4, -0.2) is 56.8 Å². The van der Waals surface area contributed by atoms with Crippen LogP contribution in [0.25, 0.3) is 0 Å². The summed E-state index contributed by atoms with van der Waals surface area (Å²) in [5, 5.41) is 0. The zero-order valence-corrected chi connectivity index (χ0v) is 19.6. The van der Waals surface area contributed by atoms with Crippen LogP contribution >= 0.6 is 0 Å². The van der Waals surface area contributed by atoms with Crippen LogP contribution in [0.3, 0.4) is 0 Å². The van der Waals surface area contributed by atoms with Gasteiger partial charge in [-0.15, -0.1) is 0 Å². The van der Waals surface area contributed by atoms with Crippen molar-refractivity contribution < 1.29 is 17.9 Å². The van der Waals surface area contributed by atoms with Crippen molar-refractivity contribution in [1.82, 2.24) is 9.21 Å². The molecule has 0 bridgehead atoms. The van der Waals surface area contributed by atoms with Crippen molar-refractivity contribution in [3.63, 3.8) is 0 Å². The topological polar surface area (TPSA) is 66.9 Å². The normalized spacial score (nSPS) is 15.7. The number of hydrogen-bond acceptors (Lipinski definition) is 4. The van der Waals surface area contributed by atoms with Crippen molar-refractivity contribution in [3.8, 4) is 5.75 Å². The number of aryl methyl sites for hydroxylation is 1. The number of nitrogens with zero attached hydrogens (tertiary/aromatic N) is 2. The molecule has 1 heterocycles. The molecular formula is C24H32N2O4S. The summed E-state index contributed by atoms with van der Waals surface area (Å²) in [6, 6.07) is 14.8. The van der Waals surface area contributed by atoms with Crippen molar-refractivity contribution in [3.05, 3.63) is 59.7 Å². The molecule has 0 aromatic heterocycles. The van der Waals surface area contributed by atoms with Crippen LogP contribution in [0, 0.1) is 0 Å². The monoisotopic (exact) mass is 444 g/mol. The Hall–Kier alpha value is -2.38. The number of hydrogen-bond donors (Lipinski definition) is 0. The Morgan fingerprint density at radius 1 is 0.935 bits per heavy atom. The third-order valence-corrected chi connectivity index (χ3v) is 7.65. The maximum atomic E-state index is 13.0. The Labute approximate surface area is 185 Å². The second-order valence-corrected chi connectivity index (χ2v) is 10.8. The highest BCUT2D eigenvalue weighted by Crippen LogP contribution is 2.25. The summed E-state index contributed by atoms with van der Waals surface area (Å²) >= 11 is 0. The van der Waals surface area contributed by atoms with E-state index in [0.29, 0.717) is 43.9 Å². The quantitative estimate of drug-likeness (QED) is 0.684. The van der Waals surface area contributed by atoms with E-state index in [1.165, 1.54) is 4.31 Å². The van der Waals surface area contributed by atoms with Gasteiger partial charge in [0.25, 0.3) is 0 Å². The van der Waals surface area contributed by atoms with Crippen LogP contribution in [0.15, 0.2) is 53.4 Å². The van der Waals surface area contributed by atoms with E-state index in [4.69, 9.17) is 4.74 Å². The highest BCUT2D eigenvalue weighted by Gasteiger charge is 2.30. The Bertz CT molecular complexity index is 985. The van der Waals surface area contributed by atoms with E-state index in [0.717, 1.165) is 16.9 Å². The highest BCUT2D eigenvalue weighted by molar-refractivity contribution is 7.89. The second kappa shape index (κ2) is 9.40. The van der Waals surface area contributed by atoms with Crippen molar-refractivity contribution in [2.75, 3.05) is 33.3 Å². The van der Waals surface area contributed by atoms with Crippen LogP contribution < -0.4 is 4.74 Å². The maximum Gasteiger partial charge on any atom is 0.243 e. The summed E-state index contributed by atoms with van der Waals surface area (Å²) in [7, 11) is -1.93. The number of rotatable bonds is 6. The number of piperazine rings is 1. The number of carbonyl (C=O) groups is 1. The van der Waals surface area contributed by atoms with Gasteiger partial charge in [-0.2, -0.15) is 4.31 Å². The van der Waals surface area contributed by atoms with E-state index in [-0.39, 0.29) is 11.3 Å². The number of methoxy groups -OCH3 is 1. The van der Waals surface area contributed by atoms with E-state index in [9.17, 15) is 13.2 Å². The molecule has 1 fully saturated rings. The summed E-state index contributed by atoms with van der Waals surface area (Å²) < 4.78 is 32.6. The lowest BCUT2D eigenvalue weighted by molar-refractivity contribution is -0.132. The molecule has 2 aromatic carbocycles. The fourth-order valence-electron chi connectivity index (χ4n) is 3.66. The first-order valence-electron chi connectivity index (χ1n) is 10.6. The van der Waals surface area contributed by atoms with Crippen molar-refractivity contribution >= 4 is 15.9 Å². The van der Waals surface area contributed by atoms with Crippen LogP contribution in [0.5, 0.6) is 5.75 Å². The molecule has 0 radical (unpaired) electrons. The summed E-state index contributed by atoms with van der Waals surface area (Å²) in [4.78, 5) is 14.7. The van der Waals surface area contributed by atoms with Gasteiger partial charge >= 0.3 is 0 Å². The molecule has 0 saturated carbocycles. The largest absolute Gasteiger partial charge is 0.497 e. The van der Waals surface area contributed by atoms with Gasteiger partial charge < -0.3 is 9.64 Å². The first-order chi connectivity index (χ1) is 14.6. The summed E-state index contributed by atoms with van der Waals surface area (Å²) in [5.41, 5.74) is 2.15. The molecule has 0 unspecified atom stereocenters. The van der Waals surface area contributed by atoms with Gasteiger partial charge in [0.1, 0.15) is 5.75 Å². The van der Waals surface area contributed by atoms with E-state index >= 15 is 0 Å². The fourth-order valence-corrected chi connectivity index (χ4v) is 5.08. The standard InChI is InChI=1S/C24H32N2O4S/c1-24(2,3)20-8-12-22(13-9-20)31(28,29)26-17-15-25(16-18-26)23(27)14-7-19-5-10-21(30-4)11-6-19/h5-6,8-13H,7,14-18H2,1-4H3. The molecule has 0 N–H and O–H groups in total. The molecule has 6 nitrogen and oxygen atoms in total. The molecule has 168 valence electrons. The van der Waals surface area contributed by atoms with Gasteiger partial charge in [-0.25, -0.2) is 8.42 Å². The minimum atomic E-state index is -3.55. The first-order valence-corrected chi connectivity index (χ1v) is 12.1. The van der Waals surface area contributed by atoms with Crippen molar-refractivity contribution in [2.24, 2.45) is 0 Å². The molecule has 1 amide bonds. The SMILES string of the molecule is COc1ccc(CCC(=O)N2CCN(S(=O)(=O)c3ccc(C(C)(C)C)cc3)CC2)cc1. The average Bonchev–Trinajstić information content (AvgIpc) is 2.77. The molecule has 31 heavy (non-hydrogen) atoms. The fraction of sp³-hybridized carbons (Fsp3) is 0.458. The molecule has 0 spiro atoms. The predicted molar refractivity (Wildman–Crippen MR) is 122 cm³/mol. The smallest absolute Gasteiger partial charge is 0.243 e. The number of carbonyl (C=O) groups excluding carboxylic acids is 1. The molecule has 1 aliphatic heterocycles. The van der Waals surface area contributed by atoms with Crippen LogP contribution in [0.4, 0.5) is 0 Å². The van der Waals surface area contributed by atoms with Crippen LogP contribution in [0.1, 0.15) is 38.3 Å². The second-order valence-electron chi connectivity index (χ2n) is 8.91. The zero-order valence-electron chi connectivity index (χ0n) is 18.8. The lowest BCUT2D eigenvalue weighted by atomic mass is 9.87. The highest BCUT2D eigenvalue weighted by atomic mass is 32.2. The van der Waals surface area contributed by atoms with Gasteiger partial charge in [-0.05, 0) is 47.2 Å². The number of sulfonamides is 1. The molecular weight excluding hydrogens is 412 g/mol. The van der Waals surface area contributed by atoms with Gasteiger partial charge in [-0.3, -0.25) is 4.79 Å². The molecule has 1 aliphatic rings. The lowest BCUT2D eigenvalue weighted by Crippen LogP contribution is -2.50. The van der Waals surface area contributed by atoms with Gasteiger partial charge in [-0.1, -0.05) is 45.0 Å². The van der Waals surface area contributed by atoms with Crippen LogP contribution in [-0.2, 0) is 26.7 Å². The first kappa shape index (κ1) is 23.3. The Balaban J connectivity index is 1.54. The van der Waals surface area contributed by atoms with E-state index in [1.807, 2.05) is 36.4 Å². The minimum Gasteiger partial charge on any atom is -0.497 e. The van der Waals surface area contributed by atoms with Crippen molar-refractivity contribution in [1.29, 1.82) is 0 Å². The molecule has 2 aromatic rings. The van der Waals surface area contributed by atoms with E-state index in [1.54, 1.807) is 24.1 Å². The number of benzene rings is 2. The molecule has 1 saturated heterocycles. The minimum absolute atomic E-state index is 0.0277. The Kier molecular flexibility index (Phi) is 7.06. The summed E-state index contributed by atoms with van der Waals surface area (Å²) in [6.45, 7) is 7.76. The van der Waals surface area contributed by atoms with Crippen LogP contribution in [0.2, 0.25) is 0 Å². The van der Waals surface area contributed by atoms with E-state index < -0.39 is 10.0 Å². The Morgan fingerprint density at radius 3 is 2.03 bits per heavy atom. The van der Waals surface area contributed by atoms with E-state index in [2.05, 4.69) is 20.8 Å². The predicted octanol–water partition coefficient (Wildman–Crippen LogP) is 3.46. The molecule has 7 heteroatoms. The maximum absolute atomic E-state index is 13.0.